The first-order valence-electron chi connectivity index (χ1n) is 13.5. The third-order valence-electron chi connectivity index (χ3n) is 6.41. The quantitative estimate of drug-likeness (QED) is 0.170. The molecule has 0 amide bonds. The largest absolute Gasteiger partial charge is 0.0654 e. The van der Waals surface area contributed by atoms with Crippen LogP contribution in [-0.2, 0) is 6.42 Å². The first-order chi connectivity index (χ1) is 14.4. The van der Waals surface area contributed by atoms with E-state index in [0.717, 1.165) is 0 Å². The molecule has 0 aromatic heterocycles. The summed E-state index contributed by atoms with van der Waals surface area (Å²) in [4.78, 5) is 0. The van der Waals surface area contributed by atoms with Crippen LogP contribution in [0.15, 0.2) is 30.3 Å². The number of hydrogen-bond donors (Lipinski definition) is 0. The van der Waals surface area contributed by atoms with E-state index >= 15 is 0 Å². The molecule has 0 aliphatic carbocycles. The summed E-state index contributed by atoms with van der Waals surface area (Å²) in [6, 6.07) is 11.0. The van der Waals surface area contributed by atoms with Crippen molar-refractivity contribution < 1.29 is 0 Å². The lowest BCUT2D eigenvalue weighted by molar-refractivity contribution is 0.520. The maximum atomic E-state index is 2.30. The average molecular weight is 401 g/mol. The molecule has 29 heavy (non-hydrogen) atoms. The van der Waals surface area contributed by atoms with Crippen molar-refractivity contribution in [3.8, 4) is 0 Å². The van der Waals surface area contributed by atoms with Gasteiger partial charge >= 0.3 is 0 Å². The van der Waals surface area contributed by atoms with Gasteiger partial charge in [-0.25, -0.2) is 0 Å². The molecule has 0 heteroatoms. The fourth-order valence-corrected chi connectivity index (χ4v) is 4.41. The van der Waals surface area contributed by atoms with Crippen LogP contribution in [0.5, 0.6) is 0 Å². The van der Waals surface area contributed by atoms with Crippen LogP contribution in [0.4, 0.5) is 0 Å². The Kier molecular flexibility index (Phi) is 19.8. The summed E-state index contributed by atoms with van der Waals surface area (Å²) in [5.74, 6) is 0. The third-order valence-corrected chi connectivity index (χ3v) is 6.41. The maximum Gasteiger partial charge on any atom is -0.0279 e. The molecule has 0 radical (unpaired) electrons. The van der Waals surface area contributed by atoms with Crippen LogP contribution in [0.25, 0.3) is 0 Å². The summed E-state index contributed by atoms with van der Waals surface area (Å²) in [5, 5.41) is 0. The molecular weight excluding hydrogens is 348 g/mol. The van der Waals surface area contributed by atoms with Crippen LogP contribution in [0.1, 0.15) is 147 Å². The molecule has 0 atom stereocenters. The lowest BCUT2D eigenvalue weighted by Gasteiger charge is -2.04. The first kappa shape index (κ1) is 26.3. The van der Waals surface area contributed by atoms with Crippen molar-refractivity contribution in [2.75, 3.05) is 0 Å². The maximum absolute atomic E-state index is 2.30. The van der Waals surface area contributed by atoms with Crippen molar-refractivity contribution in [2.24, 2.45) is 0 Å². The molecule has 1 aromatic rings. The van der Waals surface area contributed by atoms with Gasteiger partial charge in [-0.05, 0) is 18.4 Å². The van der Waals surface area contributed by atoms with E-state index in [0.29, 0.717) is 0 Å². The van der Waals surface area contributed by atoms with Crippen LogP contribution < -0.4 is 0 Å². The van der Waals surface area contributed by atoms with Crippen LogP contribution in [0, 0.1) is 0 Å². The van der Waals surface area contributed by atoms with E-state index in [1.54, 1.807) is 0 Å². The Morgan fingerprint density at radius 3 is 1.03 bits per heavy atom. The monoisotopic (exact) mass is 400 g/mol. The average Bonchev–Trinajstić information content (AvgIpc) is 2.75. The van der Waals surface area contributed by atoms with Gasteiger partial charge in [0.1, 0.15) is 0 Å². The molecule has 0 unspecified atom stereocenters. The topological polar surface area (TPSA) is 0 Å². The van der Waals surface area contributed by atoms with E-state index in [9.17, 15) is 0 Å². The highest BCUT2D eigenvalue weighted by molar-refractivity contribution is 5.14. The van der Waals surface area contributed by atoms with E-state index in [1.807, 2.05) is 0 Å². The zero-order valence-electron chi connectivity index (χ0n) is 19.9. The molecule has 0 bridgehead atoms. The van der Waals surface area contributed by atoms with Gasteiger partial charge in [0.2, 0.25) is 0 Å². The highest BCUT2D eigenvalue weighted by Gasteiger charge is 1.96. The van der Waals surface area contributed by atoms with E-state index in [4.69, 9.17) is 0 Å². The van der Waals surface area contributed by atoms with Gasteiger partial charge in [-0.15, -0.1) is 0 Å². The van der Waals surface area contributed by atoms with Gasteiger partial charge in [0.25, 0.3) is 0 Å². The Morgan fingerprint density at radius 2 is 0.690 bits per heavy atom. The molecule has 0 nitrogen and oxygen atoms in total. The highest BCUT2D eigenvalue weighted by atomic mass is 14.0. The van der Waals surface area contributed by atoms with E-state index in [-0.39, 0.29) is 0 Å². The lowest BCUT2D eigenvalue weighted by Crippen LogP contribution is -1.86. The Balaban J connectivity index is 1.66. The Bertz CT molecular complexity index is 407. The molecule has 0 saturated carbocycles. The smallest absolute Gasteiger partial charge is 0.0279 e. The van der Waals surface area contributed by atoms with Gasteiger partial charge in [-0.1, -0.05) is 166 Å². The van der Waals surface area contributed by atoms with Crippen molar-refractivity contribution in [3.05, 3.63) is 35.9 Å². The number of benzene rings is 1. The van der Waals surface area contributed by atoms with Gasteiger partial charge in [0.05, 0.1) is 0 Å². The fourth-order valence-electron chi connectivity index (χ4n) is 4.41. The molecule has 0 heterocycles. The fraction of sp³-hybridized carbons (Fsp3) is 0.793. The second-order valence-corrected chi connectivity index (χ2v) is 9.31. The minimum Gasteiger partial charge on any atom is -0.0654 e. The molecule has 0 aliphatic rings. The first-order valence-corrected chi connectivity index (χ1v) is 13.5. The van der Waals surface area contributed by atoms with E-state index in [2.05, 4.69) is 37.3 Å². The molecule has 0 aliphatic heterocycles. The standard InChI is InChI=1S/C29H52/c1-2-3-4-5-6-7-8-9-10-11-12-13-14-15-16-17-18-19-20-21-23-26-29-27-24-22-25-28-29/h22,24-25,27-28H,2-21,23,26H2,1H3. The Morgan fingerprint density at radius 1 is 0.379 bits per heavy atom. The van der Waals surface area contributed by atoms with Crippen molar-refractivity contribution in [1.82, 2.24) is 0 Å². The Hall–Kier alpha value is -0.780. The highest BCUT2D eigenvalue weighted by Crippen LogP contribution is 2.15. The zero-order valence-corrected chi connectivity index (χ0v) is 19.9. The van der Waals surface area contributed by atoms with Crippen LogP contribution in [0.2, 0.25) is 0 Å². The van der Waals surface area contributed by atoms with Crippen LogP contribution in [-0.4, -0.2) is 0 Å². The molecule has 0 saturated heterocycles. The van der Waals surface area contributed by atoms with E-state index < -0.39 is 0 Å². The molecule has 1 rings (SSSR count). The third kappa shape index (κ3) is 19.0. The number of unbranched alkanes of at least 4 members (excludes halogenated alkanes) is 20. The summed E-state index contributed by atoms with van der Waals surface area (Å²) in [7, 11) is 0. The summed E-state index contributed by atoms with van der Waals surface area (Å²) in [6.07, 6.45) is 31.9. The van der Waals surface area contributed by atoms with Gasteiger partial charge in [0.15, 0.2) is 0 Å². The second kappa shape index (κ2) is 21.9. The lowest BCUT2D eigenvalue weighted by atomic mass is 10.0. The molecule has 1 aromatic carbocycles. The summed E-state index contributed by atoms with van der Waals surface area (Å²) in [6.45, 7) is 2.30. The predicted octanol–water partition coefficient (Wildman–Crippen LogP) is 10.4. The van der Waals surface area contributed by atoms with Crippen molar-refractivity contribution in [1.29, 1.82) is 0 Å². The summed E-state index contributed by atoms with van der Waals surface area (Å²) < 4.78 is 0. The molecule has 0 fully saturated rings. The van der Waals surface area contributed by atoms with Crippen molar-refractivity contribution in [3.63, 3.8) is 0 Å². The van der Waals surface area contributed by atoms with Crippen molar-refractivity contribution >= 4 is 0 Å². The second-order valence-electron chi connectivity index (χ2n) is 9.31. The van der Waals surface area contributed by atoms with Crippen LogP contribution in [0.3, 0.4) is 0 Å². The summed E-state index contributed by atoms with van der Waals surface area (Å²) in [5.41, 5.74) is 1.50. The SMILES string of the molecule is CCCCCCCCCCCCCCCCCCCCCCCc1ccccc1. The van der Waals surface area contributed by atoms with E-state index in [1.165, 1.54) is 147 Å². The predicted molar refractivity (Wildman–Crippen MR) is 133 cm³/mol. The van der Waals surface area contributed by atoms with Gasteiger partial charge in [-0.3, -0.25) is 0 Å². The van der Waals surface area contributed by atoms with Gasteiger partial charge in [-0.2, -0.15) is 0 Å². The minimum atomic E-state index is 1.26. The molecule has 168 valence electrons. The molecule has 0 spiro atoms. The van der Waals surface area contributed by atoms with Gasteiger partial charge in [0, 0.05) is 0 Å². The Labute approximate surface area is 184 Å². The zero-order chi connectivity index (χ0) is 20.7. The minimum absolute atomic E-state index is 1.26. The molecular formula is C29H52. The number of rotatable bonds is 22. The van der Waals surface area contributed by atoms with Crippen LogP contribution >= 0.6 is 0 Å². The summed E-state index contributed by atoms with van der Waals surface area (Å²) >= 11 is 0. The molecule has 0 N–H and O–H groups in total. The van der Waals surface area contributed by atoms with Gasteiger partial charge < -0.3 is 0 Å². The number of aryl methyl sites for hydroxylation is 1. The normalized spacial score (nSPS) is 11.2. The number of hydrogen-bond acceptors (Lipinski definition) is 0. The van der Waals surface area contributed by atoms with Crippen molar-refractivity contribution in [2.45, 2.75) is 148 Å².